The van der Waals surface area contributed by atoms with Gasteiger partial charge in [0.2, 0.25) is 0 Å². The van der Waals surface area contributed by atoms with E-state index in [0.29, 0.717) is 0 Å². The average molecular weight is 611 g/mol. The third-order valence-corrected chi connectivity index (χ3v) is 10.4. The van der Waals surface area contributed by atoms with E-state index in [1.807, 2.05) is 0 Å². The van der Waals surface area contributed by atoms with Crippen LogP contribution in [0.4, 0.5) is 0 Å². The first-order chi connectivity index (χ1) is 23.8. The van der Waals surface area contributed by atoms with Gasteiger partial charge >= 0.3 is 0 Å². The van der Waals surface area contributed by atoms with Gasteiger partial charge in [0.1, 0.15) is 11.5 Å². The number of fused-ring (bicyclic) bond motifs is 10. The zero-order chi connectivity index (χ0) is 31.7. The highest BCUT2D eigenvalue weighted by atomic mass is 16.5. The quantitative estimate of drug-likeness (QED) is 0.193. The zero-order valence-corrected chi connectivity index (χ0v) is 26.2. The van der Waals surface area contributed by atoms with Crippen LogP contribution in [0.3, 0.4) is 0 Å². The molecule has 1 aliphatic carbocycles. The van der Waals surface area contributed by atoms with Gasteiger partial charge in [0, 0.05) is 11.1 Å². The fourth-order valence-corrected chi connectivity index (χ4v) is 8.32. The first kappa shape index (κ1) is 27.0. The van der Waals surface area contributed by atoms with Gasteiger partial charge in [-0.1, -0.05) is 158 Å². The summed E-state index contributed by atoms with van der Waals surface area (Å²) in [5.74, 6) is 1.81. The lowest BCUT2D eigenvalue weighted by atomic mass is 9.65. The molecule has 1 spiro atoms. The molecule has 48 heavy (non-hydrogen) atoms. The standard InChI is InChI=1S/C47H30O/c1-2-13-31(14-3-1)37-27-25-33(36-20-12-16-32-15-4-5-17-35(32)36)29-40(37)34-26-28-46-44(30-34)47(43-23-10-11-24-45(43)48-46)41-21-8-6-18-38(41)39-19-7-9-22-42(39)47/h1-30H. The molecular weight excluding hydrogens is 581 g/mol. The number of benzene rings is 8. The SMILES string of the molecule is c1ccc(-c2ccc(-c3cccc4ccccc34)cc2-c2ccc3c(c2)C2(c4ccccc4O3)c3ccccc3-c3ccccc32)cc1. The molecule has 1 aliphatic heterocycles. The van der Waals surface area contributed by atoms with Gasteiger partial charge in [0.05, 0.1) is 5.41 Å². The summed E-state index contributed by atoms with van der Waals surface area (Å²) in [6.07, 6.45) is 0. The summed E-state index contributed by atoms with van der Waals surface area (Å²) >= 11 is 0. The topological polar surface area (TPSA) is 9.23 Å². The van der Waals surface area contributed by atoms with Crippen LogP contribution in [0, 0.1) is 0 Å². The third-order valence-electron chi connectivity index (χ3n) is 10.4. The Morgan fingerprint density at radius 2 is 0.896 bits per heavy atom. The fourth-order valence-electron chi connectivity index (χ4n) is 8.32. The second-order valence-corrected chi connectivity index (χ2v) is 12.8. The van der Waals surface area contributed by atoms with Crippen molar-refractivity contribution < 1.29 is 4.74 Å². The highest BCUT2D eigenvalue weighted by Crippen LogP contribution is 2.62. The van der Waals surface area contributed by atoms with Crippen molar-refractivity contribution >= 4 is 10.8 Å². The van der Waals surface area contributed by atoms with E-state index in [-0.39, 0.29) is 0 Å². The van der Waals surface area contributed by atoms with Crippen LogP contribution in [0.15, 0.2) is 182 Å². The summed E-state index contributed by atoms with van der Waals surface area (Å²) in [5.41, 5.74) is 14.2. The van der Waals surface area contributed by atoms with Gasteiger partial charge in [0.15, 0.2) is 0 Å². The lowest BCUT2D eigenvalue weighted by molar-refractivity contribution is 0.436. The van der Waals surface area contributed by atoms with Crippen molar-refractivity contribution in [2.75, 3.05) is 0 Å². The van der Waals surface area contributed by atoms with Gasteiger partial charge in [0.25, 0.3) is 0 Å². The molecule has 224 valence electrons. The van der Waals surface area contributed by atoms with E-state index in [2.05, 4.69) is 182 Å². The molecule has 0 N–H and O–H groups in total. The van der Waals surface area contributed by atoms with Gasteiger partial charge in [-0.15, -0.1) is 0 Å². The van der Waals surface area contributed by atoms with E-state index < -0.39 is 5.41 Å². The summed E-state index contributed by atoms with van der Waals surface area (Å²) in [5, 5.41) is 2.50. The van der Waals surface area contributed by atoms with Crippen LogP contribution in [0.25, 0.3) is 55.3 Å². The number of rotatable bonds is 3. The predicted octanol–water partition coefficient (Wildman–Crippen LogP) is 12.3. The number of hydrogen-bond donors (Lipinski definition) is 0. The minimum absolute atomic E-state index is 0.506. The molecule has 0 fully saturated rings. The Labute approximate surface area is 280 Å². The molecule has 10 rings (SSSR count). The Morgan fingerprint density at radius 1 is 0.312 bits per heavy atom. The van der Waals surface area contributed by atoms with Crippen molar-refractivity contribution in [3.8, 4) is 56.0 Å². The van der Waals surface area contributed by atoms with Gasteiger partial charge in [-0.25, -0.2) is 0 Å². The van der Waals surface area contributed by atoms with Crippen LogP contribution in [-0.4, -0.2) is 0 Å². The van der Waals surface area contributed by atoms with Crippen molar-refractivity contribution in [3.05, 3.63) is 204 Å². The van der Waals surface area contributed by atoms with Crippen LogP contribution >= 0.6 is 0 Å². The molecule has 0 aromatic heterocycles. The van der Waals surface area contributed by atoms with Crippen LogP contribution in [0.1, 0.15) is 22.3 Å². The molecule has 0 saturated heterocycles. The predicted molar refractivity (Wildman–Crippen MR) is 198 cm³/mol. The summed E-state index contributed by atoms with van der Waals surface area (Å²) in [4.78, 5) is 0. The Balaban J connectivity index is 1.27. The van der Waals surface area contributed by atoms with E-state index in [1.54, 1.807) is 0 Å². The van der Waals surface area contributed by atoms with Crippen molar-refractivity contribution in [3.63, 3.8) is 0 Å². The van der Waals surface area contributed by atoms with Crippen molar-refractivity contribution in [1.82, 2.24) is 0 Å². The molecule has 0 amide bonds. The van der Waals surface area contributed by atoms with Gasteiger partial charge in [-0.3, -0.25) is 0 Å². The molecule has 0 unspecified atom stereocenters. The van der Waals surface area contributed by atoms with E-state index in [0.717, 1.165) is 11.5 Å². The highest BCUT2D eigenvalue weighted by molar-refractivity contribution is 5.99. The Bertz CT molecular complexity index is 2490. The monoisotopic (exact) mass is 610 g/mol. The smallest absolute Gasteiger partial charge is 0.132 e. The number of para-hydroxylation sites is 1. The molecular formula is C47H30O. The lowest BCUT2D eigenvalue weighted by Gasteiger charge is -2.39. The number of ether oxygens (including phenoxy) is 1. The third kappa shape index (κ3) is 3.79. The molecule has 8 aromatic rings. The summed E-state index contributed by atoms with van der Waals surface area (Å²) in [6, 6.07) is 66.2. The lowest BCUT2D eigenvalue weighted by Crippen LogP contribution is -2.32. The minimum Gasteiger partial charge on any atom is -0.457 e. The molecule has 2 aliphatic rings. The minimum atomic E-state index is -0.506. The second-order valence-electron chi connectivity index (χ2n) is 12.8. The van der Waals surface area contributed by atoms with E-state index >= 15 is 0 Å². The number of hydrogen-bond acceptors (Lipinski definition) is 1. The molecule has 0 radical (unpaired) electrons. The molecule has 0 saturated carbocycles. The fraction of sp³-hybridized carbons (Fsp3) is 0.0213. The zero-order valence-electron chi connectivity index (χ0n) is 26.2. The molecule has 1 heterocycles. The molecule has 0 bridgehead atoms. The molecule has 1 heteroatoms. The summed E-state index contributed by atoms with van der Waals surface area (Å²) in [6.45, 7) is 0. The molecule has 0 atom stereocenters. The van der Waals surface area contributed by atoms with E-state index in [1.165, 1.54) is 77.5 Å². The largest absolute Gasteiger partial charge is 0.457 e. The van der Waals surface area contributed by atoms with E-state index in [4.69, 9.17) is 4.74 Å². The summed E-state index contributed by atoms with van der Waals surface area (Å²) in [7, 11) is 0. The maximum atomic E-state index is 6.74. The molecule has 8 aromatic carbocycles. The first-order valence-electron chi connectivity index (χ1n) is 16.6. The van der Waals surface area contributed by atoms with E-state index in [9.17, 15) is 0 Å². The Morgan fingerprint density at radius 3 is 1.71 bits per heavy atom. The Kier molecular flexibility index (Phi) is 5.86. The van der Waals surface area contributed by atoms with Crippen molar-refractivity contribution in [1.29, 1.82) is 0 Å². The second kappa shape index (κ2) is 10.4. The van der Waals surface area contributed by atoms with Crippen LogP contribution in [0.5, 0.6) is 11.5 Å². The first-order valence-corrected chi connectivity index (χ1v) is 16.6. The van der Waals surface area contributed by atoms with Gasteiger partial charge in [-0.05, 0) is 90.7 Å². The van der Waals surface area contributed by atoms with Crippen LogP contribution in [0.2, 0.25) is 0 Å². The Hall–Kier alpha value is -6.18. The van der Waals surface area contributed by atoms with Crippen molar-refractivity contribution in [2.24, 2.45) is 0 Å². The summed E-state index contributed by atoms with van der Waals surface area (Å²) < 4.78 is 6.74. The average Bonchev–Trinajstić information content (AvgIpc) is 3.45. The van der Waals surface area contributed by atoms with Gasteiger partial charge < -0.3 is 4.74 Å². The highest BCUT2D eigenvalue weighted by Gasteiger charge is 2.51. The normalized spacial score (nSPS) is 13.3. The maximum absolute atomic E-state index is 6.74. The van der Waals surface area contributed by atoms with Crippen LogP contribution in [-0.2, 0) is 5.41 Å². The maximum Gasteiger partial charge on any atom is 0.132 e. The van der Waals surface area contributed by atoms with Crippen molar-refractivity contribution in [2.45, 2.75) is 5.41 Å². The van der Waals surface area contributed by atoms with Crippen LogP contribution < -0.4 is 4.74 Å². The van der Waals surface area contributed by atoms with Gasteiger partial charge in [-0.2, -0.15) is 0 Å². The molecule has 1 nitrogen and oxygen atoms in total.